The van der Waals surface area contributed by atoms with Crippen LogP contribution in [0.4, 0.5) is 0 Å². The third-order valence-corrected chi connectivity index (χ3v) is 3.26. The van der Waals surface area contributed by atoms with E-state index in [2.05, 4.69) is 10.3 Å². The summed E-state index contributed by atoms with van der Waals surface area (Å²) in [5.41, 5.74) is 0.524. The molecule has 0 radical (unpaired) electrons. The monoisotopic (exact) mass is 270 g/mol. The predicted octanol–water partition coefficient (Wildman–Crippen LogP) is 0.936. The van der Waals surface area contributed by atoms with Gasteiger partial charge in [0.25, 0.3) is 5.91 Å². The molecule has 1 amide bonds. The number of carbonyl (C=O) groups is 1. The van der Waals surface area contributed by atoms with Crippen LogP contribution in [0, 0.1) is 0 Å². The number of hydrogen-bond donors (Lipinski definition) is 2. The second kappa shape index (κ2) is 8.77. The second-order valence-corrected chi connectivity index (χ2v) is 4.76. The molecule has 1 rings (SSSR count). The molecular weight excluding hydrogens is 252 g/mol. The van der Waals surface area contributed by atoms with Gasteiger partial charge < -0.3 is 15.2 Å². The van der Waals surface area contributed by atoms with Gasteiger partial charge in [0.15, 0.2) is 0 Å². The first-order valence-electron chi connectivity index (χ1n) is 5.74. The van der Waals surface area contributed by atoms with Crippen molar-refractivity contribution >= 4 is 17.7 Å². The van der Waals surface area contributed by atoms with E-state index in [0.717, 1.165) is 17.9 Å². The highest BCUT2D eigenvalue weighted by molar-refractivity contribution is 7.99. The Morgan fingerprint density at radius 2 is 2.33 bits per heavy atom. The number of pyridine rings is 1. The number of aliphatic hydroxyl groups excluding tert-OH is 1. The summed E-state index contributed by atoms with van der Waals surface area (Å²) in [6.07, 6.45) is 2.29. The minimum absolute atomic E-state index is 0.132. The Labute approximate surface area is 111 Å². The Balaban J connectivity index is 2.23. The lowest BCUT2D eigenvalue weighted by Crippen LogP contribution is -2.25. The van der Waals surface area contributed by atoms with E-state index in [4.69, 9.17) is 9.84 Å². The molecule has 0 aliphatic heterocycles. The molecule has 18 heavy (non-hydrogen) atoms. The Hall–Kier alpha value is -1.27. The second-order valence-electron chi connectivity index (χ2n) is 3.53. The molecule has 0 spiro atoms. The molecule has 0 bridgehead atoms. The largest absolute Gasteiger partial charge is 0.481 e. The lowest BCUT2D eigenvalue weighted by Gasteiger charge is -2.05. The van der Waals surface area contributed by atoms with Gasteiger partial charge in [-0.2, -0.15) is 11.8 Å². The smallest absolute Gasteiger partial charge is 0.252 e. The number of amides is 1. The van der Waals surface area contributed by atoms with Gasteiger partial charge in [-0.25, -0.2) is 4.98 Å². The molecule has 6 heteroatoms. The molecule has 0 fully saturated rings. The fraction of sp³-hybridized carbons (Fsp3) is 0.500. The fourth-order valence-corrected chi connectivity index (χ4v) is 2.03. The van der Waals surface area contributed by atoms with E-state index >= 15 is 0 Å². The van der Waals surface area contributed by atoms with Crippen molar-refractivity contribution in [3.05, 3.63) is 23.9 Å². The number of aliphatic hydroxyl groups is 1. The van der Waals surface area contributed by atoms with Crippen LogP contribution in [0.2, 0.25) is 0 Å². The van der Waals surface area contributed by atoms with E-state index in [1.165, 1.54) is 13.3 Å². The molecule has 5 nitrogen and oxygen atoms in total. The molecule has 0 aliphatic carbocycles. The van der Waals surface area contributed by atoms with Crippen molar-refractivity contribution in [3.8, 4) is 5.88 Å². The molecule has 0 atom stereocenters. The average Bonchev–Trinajstić information content (AvgIpc) is 2.42. The van der Waals surface area contributed by atoms with Gasteiger partial charge in [-0.15, -0.1) is 0 Å². The highest BCUT2D eigenvalue weighted by Gasteiger charge is 2.05. The van der Waals surface area contributed by atoms with Crippen LogP contribution < -0.4 is 10.1 Å². The minimum atomic E-state index is -0.132. The number of nitrogens with one attached hydrogen (secondary N) is 1. The number of carbonyl (C=O) groups excluding carboxylic acids is 1. The van der Waals surface area contributed by atoms with E-state index in [9.17, 15) is 4.79 Å². The van der Waals surface area contributed by atoms with Gasteiger partial charge in [-0.1, -0.05) is 0 Å². The molecular formula is C12H18N2O3S. The van der Waals surface area contributed by atoms with Gasteiger partial charge in [0.2, 0.25) is 5.88 Å². The van der Waals surface area contributed by atoms with E-state index < -0.39 is 0 Å². The average molecular weight is 270 g/mol. The SMILES string of the molecule is COc1ccc(C(=O)NCCSCCCO)cn1. The molecule has 1 heterocycles. The summed E-state index contributed by atoms with van der Waals surface area (Å²) in [6.45, 7) is 0.831. The number of methoxy groups -OCH3 is 1. The third kappa shape index (κ3) is 5.37. The number of ether oxygens (including phenoxy) is 1. The highest BCUT2D eigenvalue weighted by Crippen LogP contribution is 2.06. The van der Waals surface area contributed by atoms with Crippen LogP contribution in [0.1, 0.15) is 16.8 Å². The summed E-state index contributed by atoms with van der Waals surface area (Å²) in [6, 6.07) is 3.34. The molecule has 1 aromatic heterocycles. The van der Waals surface area contributed by atoms with Crippen molar-refractivity contribution < 1.29 is 14.6 Å². The Bertz CT molecular complexity index is 357. The van der Waals surface area contributed by atoms with Gasteiger partial charge >= 0.3 is 0 Å². The van der Waals surface area contributed by atoms with Gasteiger partial charge in [-0.05, 0) is 18.2 Å². The molecule has 2 N–H and O–H groups in total. The van der Waals surface area contributed by atoms with Gasteiger partial charge in [-0.3, -0.25) is 4.79 Å². The molecule has 0 saturated heterocycles. The van der Waals surface area contributed by atoms with Gasteiger partial charge in [0, 0.05) is 31.2 Å². The van der Waals surface area contributed by atoms with Crippen LogP contribution in [0.3, 0.4) is 0 Å². The van der Waals surface area contributed by atoms with Crippen LogP contribution in [-0.2, 0) is 0 Å². The first kappa shape index (κ1) is 14.8. The van der Waals surface area contributed by atoms with Crippen LogP contribution in [0.15, 0.2) is 18.3 Å². The van der Waals surface area contributed by atoms with Crippen molar-refractivity contribution in [2.75, 3.05) is 31.8 Å². The van der Waals surface area contributed by atoms with E-state index in [1.54, 1.807) is 23.9 Å². The number of thioether (sulfide) groups is 1. The zero-order chi connectivity index (χ0) is 13.2. The Morgan fingerprint density at radius 1 is 1.50 bits per heavy atom. The quantitative estimate of drug-likeness (QED) is 0.688. The summed E-state index contributed by atoms with van der Waals surface area (Å²) < 4.78 is 4.92. The number of aromatic nitrogens is 1. The van der Waals surface area contributed by atoms with Crippen molar-refractivity contribution in [3.63, 3.8) is 0 Å². The highest BCUT2D eigenvalue weighted by atomic mass is 32.2. The van der Waals surface area contributed by atoms with Crippen LogP contribution >= 0.6 is 11.8 Å². The normalized spacial score (nSPS) is 10.1. The molecule has 100 valence electrons. The predicted molar refractivity (Wildman–Crippen MR) is 72.2 cm³/mol. The molecule has 0 aliphatic rings. The maximum absolute atomic E-state index is 11.7. The zero-order valence-electron chi connectivity index (χ0n) is 10.4. The molecule has 0 saturated carbocycles. The van der Waals surface area contributed by atoms with Crippen LogP contribution in [0.25, 0.3) is 0 Å². The fourth-order valence-electron chi connectivity index (χ4n) is 1.24. The summed E-state index contributed by atoms with van der Waals surface area (Å²) >= 11 is 1.71. The van der Waals surface area contributed by atoms with E-state index in [1.807, 2.05) is 0 Å². The van der Waals surface area contributed by atoms with Crippen molar-refractivity contribution in [1.82, 2.24) is 10.3 Å². The standard InChI is InChI=1S/C12H18N2O3S/c1-17-11-4-3-10(9-14-11)12(16)13-5-8-18-7-2-6-15/h3-4,9,15H,2,5-8H2,1H3,(H,13,16). The van der Waals surface area contributed by atoms with Crippen molar-refractivity contribution in [1.29, 1.82) is 0 Å². The lowest BCUT2D eigenvalue weighted by molar-refractivity contribution is 0.0955. The summed E-state index contributed by atoms with van der Waals surface area (Å²) in [5, 5.41) is 11.4. The van der Waals surface area contributed by atoms with Gasteiger partial charge in [0.05, 0.1) is 12.7 Å². The number of hydrogen-bond acceptors (Lipinski definition) is 5. The summed E-state index contributed by atoms with van der Waals surface area (Å²) in [4.78, 5) is 15.7. The zero-order valence-corrected chi connectivity index (χ0v) is 11.2. The first-order chi connectivity index (χ1) is 8.77. The molecule has 0 unspecified atom stereocenters. The molecule has 1 aromatic rings. The van der Waals surface area contributed by atoms with Gasteiger partial charge in [0.1, 0.15) is 0 Å². The van der Waals surface area contributed by atoms with E-state index in [-0.39, 0.29) is 12.5 Å². The minimum Gasteiger partial charge on any atom is -0.481 e. The van der Waals surface area contributed by atoms with Crippen LogP contribution in [-0.4, -0.2) is 47.8 Å². The molecule has 0 aromatic carbocycles. The van der Waals surface area contributed by atoms with Crippen molar-refractivity contribution in [2.24, 2.45) is 0 Å². The topological polar surface area (TPSA) is 71.5 Å². The first-order valence-corrected chi connectivity index (χ1v) is 6.90. The third-order valence-electron chi connectivity index (χ3n) is 2.19. The summed E-state index contributed by atoms with van der Waals surface area (Å²) in [5.74, 6) is 2.12. The Kier molecular flexibility index (Phi) is 7.20. The number of rotatable bonds is 8. The van der Waals surface area contributed by atoms with Crippen molar-refractivity contribution in [2.45, 2.75) is 6.42 Å². The van der Waals surface area contributed by atoms with Crippen LogP contribution in [0.5, 0.6) is 5.88 Å². The lowest BCUT2D eigenvalue weighted by atomic mass is 10.2. The maximum Gasteiger partial charge on any atom is 0.252 e. The number of nitrogens with zero attached hydrogens (tertiary/aromatic N) is 1. The Morgan fingerprint density at radius 3 is 2.94 bits per heavy atom. The van der Waals surface area contributed by atoms with E-state index in [0.29, 0.717) is 18.0 Å². The summed E-state index contributed by atoms with van der Waals surface area (Å²) in [7, 11) is 1.53. The maximum atomic E-state index is 11.7.